The fourth-order valence-corrected chi connectivity index (χ4v) is 4.20. The molecule has 0 aromatic carbocycles. The monoisotopic (exact) mass is 594 g/mol. The molecule has 0 aliphatic rings. The van der Waals surface area contributed by atoms with Crippen molar-refractivity contribution in [3.8, 4) is 0 Å². The molecular weight excluding hydrogens is 544 g/mol. The molecule has 41 heavy (non-hydrogen) atoms. The van der Waals surface area contributed by atoms with Crippen molar-refractivity contribution in [2.45, 2.75) is 65.8 Å². The van der Waals surface area contributed by atoms with Crippen LogP contribution < -0.4 is 26.6 Å². The van der Waals surface area contributed by atoms with Gasteiger partial charge >= 0.3 is 0 Å². The molecule has 11 nitrogen and oxygen atoms in total. The van der Waals surface area contributed by atoms with Crippen LogP contribution >= 0.6 is 11.8 Å². The first-order valence-corrected chi connectivity index (χ1v) is 15.4. The molecule has 5 amide bonds. The number of amides is 5. The van der Waals surface area contributed by atoms with E-state index in [1.807, 2.05) is 13.8 Å². The summed E-state index contributed by atoms with van der Waals surface area (Å²) in [6.07, 6.45) is 12.1. The van der Waals surface area contributed by atoms with Crippen LogP contribution in [0.15, 0.2) is 36.0 Å². The molecule has 3 unspecified atom stereocenters. The number of nitrogens with zero attached hydrogens (tertiary/aromatic N) is 1. The second kappa shape index (κ2) is 22.6. The number of thioether (sulfide) groups is 1. The number of allylic oxidation sites excluding steroid dienone is 4. The molecule has 12 heteroatoms. The van der Waals surface area contributed by atoms with E-state index in [0.29, 0.717) is 5.57 Å². The number of hydrogen-bond acceptors (Lipinski definition) is 7. The number of nitrogens with one attached hydrogen (secondary N) is 5. The van der Waals surface area contributed by atoms with Gasteiger partial charge in [-0.3, -0.25) is 24.0 Å². The summed E-state index contributed by atoms with van der Waals surface area (Å²) in [5, 5.41) is 11.9. The molecule has 0 radical (unpaired) electrons. The Labute approximate surface area is 249 Å². The van der Waals surface area contributed by atoms with E-state index in [0.717, 1.165) is 44.2 Å². The molecule has 232 valence electrons. The van der Waals surface area contributed by atoms with E-state index in [1.54, 1.807) is 43.6 Å². The molecule has 5 N–H and O–H groups in total. The largest absolute Gasteiger partial charge is 0.352 e. The van der Waals surface area contributed by atoms with Crippen molar-refractivity contribution >= 4 is 41.3 Å². The van der Waals surface area contributed by atoms with Crippen molar-refractivity contribution < 1.29 is 24.0 Å². The predicted molar refractivity (Wildman–Crippen MR) is 166 cm³/mol. The zero-order chi connectivity index (χ0) is 31.2. The summed E-state index contributed by atoms with van der Waals surface area (Å²) in [6.45, 7) is 14.1. The maximum Gasteiger partial charge on any atom is 0.253 e. The fraction of sp³-hybridized carbons (Fsp3) is 0.621. The molecule has 0 bridgehead atoms. The summed E-state index contributed by atoms with van der Waals surface area (Å²) >= 11 is 1.09. The Morgan fingerprint density at radius 1 is 0.829 bits per heavy atom. The lowest BCUT2D eigenvalue weighted by Gasteiger charge is -2.24. The Hall–Kier alpha value is -3.12. The Morgan fingerprint density at radius 2 is 1.44 bits per heavy atom. The van der Waals surface area contributed by atoms with Crippen LogP contribution in [0.4, 0.5) is 0 Å². The normalized spacial score (nSPS) is 14.0. The van der Waals surface area contributed by atoms with Gasteiger partial charge in [0.2, 0.25) is 17.7 Å². The van der Waals surface area contributed by atoms with Crippen LogP contribution in [0.2, 0.25) is 0 Å². The van der Waals surface area contributed by atoms with Gasteiger partial charge in [-0.15, -0.1) is 11.8 Å². The second-order valence-corrected chi connectivity index (χ2v) is 10.5. The zero-order valence-electron chi connectivity index (χ0n) is 25.7. The van der Waals surface area contributed by atoms with E-state index in [2.05, 4.69) is 52.3 Å². The van der Waals surface area contributed by atoms with E-state index in [-0.39, 0.29) is 37.5 Å². The van der Waals surface area contributed by atoms with Crippen LogP contribution in [0.5, 0.6) is 0 Å². The molecule has 0 saturated carbocycles. The highest BCUT2D eigenvalue weighted by Crippen LogP contribution is 2.11. The van der Waals surface area contributed by atoms with Gasteiger partial charge < -0.3 is 31.5 Å². The van der Waals surface area contributed by atoms with Crippen molar-refractivity contribution in [1.29, 1.82) is 0 Å². The highest BCUT2D eigenvalue weighted by molar-refractivity contribution is 7.99. The van der Waals surface area contributed by atoms with E-state index in [4.69, 9.17) is 0 Å². The van der Waals surface area contributed by atoms with E-state index in [9.17, 15) is 24.0 Å². The highest BCUT2D eigenvalue weighted by atomic mass is 32.2. The average Bonchev–Trinajstić information content (AvgIpc) is 2.96. The summed E-state index contributed by atoms with van der Waals surface area (Å²) in [7, 11) is 0. The molecule has 0 spiro atoms. The van der Waals surface area contributed by atoms with E-state index >= 15 is 0 Å². The minimum atomic E-state index is -0.941. The van der Waals surface area contributed by atoms with Crippen molar-refractivity contribution in [2.75, 3.05) is 45.5 Å². The first kappa shape index (κ1) is 37.9. The lowest BCUT2D eigenvalue weighted by atomic mass is 9.97. The van der Waals surface area contributed by atoms with E-state index in [1.165, 1.54) is 0 Å². The van der Waals surface area contributed by atoms with Gasteiger partial charge in [-0.1, -0.05) is 45.1 Å². The minimum Gasteiger partial charge on any atom is -0.352 e. The van der Waals surface area contributed by atoms with Crippen LogP contribution in [-0.4, -0.2) is 91.4 Å². The molecule has 3 atom stereocenters. The van der Waals surface area contributed by atoms with Gasteiger partial charge in [-0.25, -0.2) is 0 Å². The Morgan fingerprint density at radius 3 is 2.02 bits per heavy atom. The summed E-state index contributed by atoms with van der Waals surface area (Å²) in [6, 6.07) is -0.0422. The number of carbonyl (C=O) groups is 5. The lowest BCUT2D eigenvalue weighted by Crippen LogP contribution is -2.50. The standard InChI is InChI=1S/C29H50N6O5S/c1-8-12-16-23(14-9-2)27(39)31-18-24(36)30-19-26(38)34-29(41-7)28(40)32-20-25(37)33-22(6)21(5)15-13-17-35(10-3)11-4/h8-9,12,14,16,21-22,29H,10-11,13,15,17-20H2,1-7H3,(H,30,36)(H,31,39)(H,32,40)(H,33,37)(H,34,38)/b12-8-,14-9-,23-16+. The quantitative estimate of drug-likeness (QED) is 0.0815. The van der Waals surface area contributed by atoms with Crippen LogP contribution in [-0.2, 0) is 24.0 Å². The number of rotatable bonds is 20. The molecule has 0 fully saturated rings. The average molecular weight is 595 g/mol. The van der Waals surface area contributed by atoms with Crippen molar-refractivity contribution in [3.05, 3.63) is 36.0 Å². The zero-order valence-corrected chi connectivity index (χ0v) is 26.5. The summed E-state index contributed by atoms with van der Waals surface area (Å²) in [5.41, 5.74) is 0.383. The Bertz CT molecular complexity index is 933. The third kappa shape index (κ3) is 17.3. The maximum atomic E-state index is 12.5. The molecule has 0 aromatic heterocycles. The minimum absolute atomic E-state index is 0.0422. The van der Waals surface area contributed by atoms with Gasteiger partial charge in [-0.05, 0) is 71.5 Å². The smallest absolute Gasteiger partial charge is 0.253 e. The van der Waals surface area contributed by atoms with Crippen molar-refractivity contribution in [1.82, 2.24) is 31.5 Å². The van der Waals surface area contributed by atoms with Gasteiger partial charge in [0.05, 0.1) is 19.6 Å². The van der Waals surface area contributed by atoms with E-state index < -0.39 is 29.0 Å². The van der Waals surface area contributed by atoms with Crippen LogP contribution in [0.1, 0.15) is 54.4 Å². The van der Waals surface area contributed by atoms with Crippen LogP contribution in [0.3, 0.4) is 0 Å². The second-order valence-electron chi connectivity index (χ2n) is 9.51. The number of hydrogen-bond donors (Lipinski definition) is 5. The van der Waals surface area contributed by atoms with Crippen molar-refractivity contribution in [2.24, 2.45) is 5.92 Å². The molecule has 0 aromatic rings. The van der Waals surface area contributed by atoms with Gasteiger partial charge in [0, 0.05) is 11.6 Å². The molecular formula is C29H50N6O5S. The molecule has 0 heterocycles. The maximum absolute atomic E-state index is 12.5. The van der Waals surface area contributed by atoms with Gasteiger partial charge in [0.15, 0.2) is 5.37 Å². The molecule has 0 rings (SSSR count). The van der Waals surface area contributed by atoms with Crippen molar-refractivity contribution in [3.63, 3.8) is 0 Å². The fourth-order valence-electron chi connectivity index (χ4n) is 3.65. The number of carbonyl (C=O) groups excluding carboxylic acids is 5. The first-order chi connectivity index (χ1) is 19.5. The third-order valence-electron chi connectivity index (χ3n) is 6.39. The Kier molecular flexibility index (Phi) is 20.8. The van der Waals surface area contributed by atoms with Gasteiger partial charge in [-0.2, -0.15) is 0 Å². The summed E-state index contributed by atoms with van der Waals surface area (Å²) in [5.74, 6) is -2.11. The molecule has 0 saturated heterocycles. The first-order valence-electron chi connectivity index (χ1n) is 14.1. The highest BCUT2D eigenvalue weighted by Gasteiger charge is 2.21. The van der Waals surface area contributed by atoms with Crippen LogP contribution in [0, 0.1) is 5.92 Å². The molecule has 0 aliphatic heterocycles. The lowest BCUT2D eigenvalue weighted by molar-refractivity contribution is -0.129. The summed E-state index contributed by atoms with van der Waals surface area (Å²) < 4.78 is 0. The van der Waals surface area contributed by atoms with Crippen LogP contribution in [0.25, 0.3) is 0 Å². The summed E-state index contributed by atoms with van der Waals surface area (Å²) in [4.78, 5) is 63.8. The Balaban J connectivity index is 4.49. The SMILES string of the molecule is C\C=C/C=C(\C=C/C)C(=O)NCC(=O)NCC(=O)NC(SC)C(=O)NCC(=O)NC(C)C(C)CCCN(CC)CC. The van der Waals surface area contributed by atoms with Gasteiger partial charge in [0.1, 0.15) is 0 Å². The van der Waals surface area contributed by atoms with Gasteiger partial charge in [0.25, 0.3) is 11.8 Å². The molecule has 0 aliphatic carbocycles. The predicted octanol–water partition coefficient (Wildman–Crippen LogP) is 1.48. The third-order valence-corrected chi connectivity index (χ3v) is 7.20. The topological polar surface area (TPSA) is 149 Å².